The van der Waals surface area contributed by atoms with E-state index in [2.05, 4.69) is 22.4 Å². The lowest BCUT2D eigenvalue weighted by molar-refractivity contribution is 0.198. The van der Waals surface area contributed by atoms with Gasteiger partial charge in [0.2, 0.25) is 0 Å². The van der Waals surface area contributed by atoms with Crippen molar-refractivity contribution in [1.82, 2.24) is 4.90 Å². The number of hydrogen-bond donors (Lipinski definition) is 2. The van der Waals surface area contributed by atoms with Crippen LogP contribution in [-0.2, 0) is 0 Å². The summed E-state index contributed by atoms with van der Waals surface area (Å²) < 4.78 is 0. The second-order valence-corrected chi connectivity index (χ2v) is 4.32. The Kier molecular flexibility index (Phi) is 6.74. The summed E-state index contributed by atoms with van der Waals surface area (Å²) in [5, 5.41) is 9.03. The molecule has 0 amide bonds. The van der Waals surface area contributed by atoms with Gasteiger partial charge in [0, 0.05) is 37.4 Å². The molecular formula is C15H24N2O. The van der Waals surface area contributed by atoms with Crippen molar-refractivity contribution in [2.24, 2.45) is 5.73 Å². The first kappa shape index (κ1) is 15.0. The summed E-state index contributed by atoms with van der Waals surface area (Å²) in [6.07, 6.45) is 7.66. The molecule has 1 aliphatic carbocycles. The fraction of sp³-hybridized carbons (Fsp3) is 0.600. The molecule has 2 unspecified atom stereocenters. The third kappa shape index (κ3) is 3.99. The average Bonchev–Trinajstić information content (AvgIpc) is 2.76. The van der Waals surface area contributed by atoms with Gasteiger partial charge in [0.15, 0.2) is 0 Å². The van der Waals surface area contributed by atoms with Crippen molar-refractivity contribution >= 4 is 0 Å². The Morgan fingerprint density at radius 1 is 1.50 bits per heavy atom. The number of nitrogens with zero attached hydrogens (tertiary/aromatic N) is 1. The van der Waals surface area contributed by atoms with Crippen LogP contribution in [0.1, 0.15) is 26.7 Å². The number of likely N-dealkylation sites (tertiary alicyclic amines) is 1. The van der Waals surface area contributed by atoms with Crippen LogP contribution in [-0.4, -0.2) is 41.8 Å². The predicted molar refractivity (Wildman–Crippen MR) is 75.3 cm³/mol. The molecular weight excluding hydrogens is 224 g/mol. The van der Waals surface area contributed by atoms with Crippen molar-refractivity contribution in [2.75, 3.05) is 19.7 Å². The summed E-state index contributed by atoms with van der Waals surface area (Å²) in [5.74, 6) is 0. The highest BCUT2D eigenvalue weighted by Gasteiger charge is 2.30. The van der Waals surface area contributed by atoms with Gasteiger partial charge in [-0.25, -0.2) is 0 Å². The molecule has 0 saturated carbocycles. The van der Waals surface area contributed by atoms with Crippen LogP contribution in [0.5, 0.6) is 0 Å². The minimum atomic E-state index is 0.194. The van der Waals surface area contributed by atoms with E-state index in [9.17, 15) is 0 Å². The Bertz CT molecular complexity index is 374. The van der Waals surface area contributed by atoms with Crippen LogP contribution in [0.15, 0.2) is 35.3 Å². The summed E-state index contributed by atoms with van der Waals surface area (Å²) in [7, 11) is 0. The smallest absolute Gasteiger partial charge is 0.0446 e. The summed E-state index contributed by atoms with van der Waals surface area (Å²) in [5.41, 5.74) is 13.2. The highest BCUT2D eigenvalue weighted by molar-refractivity contribution is 5.27. The summed E-state index contributed by atoms with van der Waals surface area (Å²) in [4.78, 5) is 2.33. The number of aliphatic hydroxyl groups is 1. The van der Waals surface area contributed by atoms with E-state index in [4.69, 9.17) is 10.8 Å². The normalized spacial score (nSPS) is 25.9. The molecule has 0 aromatic rings. The first-order chi connectivity index (χ1) is 8.81. The van der Waals surface area contributed by atoms with E-state index in [1.165, 1.54) is 0 Å². The van der Waals surface area contributed by atoms with Gasteiger partial charge in [0.25, 0.3) is 0 Å². The molecule has 1 fully saturated rings. The molecule has 100 valence electrons. The molecule has 2 aliphatic rings. The number of allylic oxidation sites excluding steroid dienone is 2. The topological polar surface area (TPSA) is 49.5 Å². The molecule has 3 nitrogen and oxygen atoms in total. The fourth-order valence-electron chi connectivity index (χ4n) is 2.37. The predicted octanol–water partition coefficient (Wildman–Crippen LogP) is 1.60. The van der Waals surface area contributed by atoms with Gasteiger partial charge >= 0.3 is 0 Å². The lowest BCUT2D eigenvalue weighted by atomic mass is 10.1. The monoisotopic (exact) mass is 248 g/mol. The zero-order valence-corrected chi connectivity index (χ0v) is 11.4. The molecule has 1 saturated heterocycles. The Morgan fingerprint density at radius 3 is 2.89 bits per heavy atom. The molecule has 0 spiro atoms. The molecule has 3 N–H and O–H groups in total. The van der Waals surface area contributed by atoms with Crippen molar-refractivity contribution < 1.29 is 5.11 Å². The zero-order valence-electron chi connectivity index (χ0n) is 11.4. The zero-order chi connectivity index (χ0) is 13.4. The third-order valence-electron chi connectivity index (χ3n) is 3.22. The molecule has 3 heteroatoms. The van der Waals surface area contributed by atoms with E-state index in [0.717, 1.165) is 31.5 Å². The van der Waals surface area contributed by atoms with Crippen molar-refractivity contribution in [1.29, 1.82) is 0 Å². The van der Waals surface area contributed by atoms with Gasteiger partial charge < -0.3 is 10.8 Å². The van der Waals surface area contributed by atoms with Gasteiger partial charge in [-0.05, 0) is 25.0 Å². The summed E-state index contributed by atoms with van der Waals surface area (Å²) in [6, 6.07) is 0.499. The van der Waals surface area contributed by atoms with E-state index < -0.39 is 0 Å². The highest BCUT2D eigenvalue weighted by Crippen LogP contribution is 2.20. The quantitative estimate of drug-likeness (QED) is 0.743. The molecule has 0 aromatic heterocycles. The molecule has 18 heavy (non-hydrogen) atoms. The molecule has 0 radical (unpaired) electrons. The van der Waals surface area contributed by atoms with E-state index >= 15 is 0 Å². The van der Waals surface area contributed by atoms with Gasteiger partial charge in [-0.1, -0.05) is 31.4 Å². The minimum Gasteiger partial charge on any atom is -0.396 e. The van der Waals surface area contributed by atoms with Crippen LogP contribution >= 0.6 is 0 Å². The minimum absolute atomic E-state index is 0.194. The standard InChI is InChI=1S/C13H18N2O.C2H6/c14-12-6-8-15(13(12)7-9-16)10-11-4-2-1-3-5-11;1-2/h1-2,4,12-13,16H,6-10,14H2;1-2H3. The molecule has 0 bridgehead atoms. The second kappa shape index (κ2) is 8.10. The maximum atomic E-state index is 9.03. The van der Waals surface area contributed by atoms with Crippen LogP contribution in [0.4, 0.5) is 0 Å². The Hall–Kier alpha value is -1.08. The lowest BCUT2D eigenvalue weighted by Gasteiger charge is -2.26. The maximum absolute atomic E-state index is 9.03. The van der Waals surface area contributed by atoms with Crippen molar-refractivity contribution in [2.45, 2.75) is 38.8 Å². The van der Waals surface area contributed by atoms with E-state index in [0.29, 0.717) is 6.04 Å². The van der Waals surface area contributed by atoms with Crippen LogP contribution in [0.3, 0.4) is 0 Å². The van der Waals surface area contributed by atoms with Gasteiger partial charge in [-0.3, -0.25) is 4.90 Å². The number of aliphatic hydroxyl groups excluding tert-OH is 1. The molecule has 1 heterocycles. The number of hydrogen-bond acceptors (Lipinski definition) is 3. The van der Waals surface area contributed by atoms with Crippen LogP contribution in [0.2, 0.25) is 0 Å². The van der Waals surface area contributed by atoms with Crippen LogP contribution in [0, 0.1) is 0 Å². The Balaban J connectivity index is 0.000000771. The number of nitrogens with two attached hydrogens (primary N) is 1. The maximum Gasteiger partial charge on any atom is 0.0446 e. The highest BCUT2D eigenvalue weighted by atomic mass is 16.3. The van der Waals surface area contributed by atoms with Gasteiger partial charge in [-0.15, -0.1) is 0 Å². The van der Waals surface area contributed by atoms with Crippen molar-refractivity contribution in [3.05, 3.63) is 35.3 Å². The first-order valence-electron chi connectivity index (χ1n) is 6.79. The van der Waals surface area contributed by atoms with E-state index in [1.807, 2.05) is 26.0 Å². The van der Waals surface area contributed by atoms with Gasteiger partial charge in [0.1, 0.15) is 0 Å². The molecule has 2 atom stereocenters. The summed E-state index contributed by atoms with van der Waals surface area (Å²) >= 11 is 0. The Morgan fingerprint density at radius 2 is 2.28 bits per heavy atom. The molecule has 2 rings (SSSR count). The average molecular weight is 248 g/mol. The SMILES string of the molecule is CC.NC1CCN(CC2=C=C=CC=C2)C1CCO. The first-order valence-corrected chi connectivity index (χ1v) is 6.79. The van der Waals surface area contributed by atoms with Crippen molar-refractivity contribution in [3.8, 4) is 0 Å². The largest absolute Gasteiger partial charge is 0.396 e. The van der Waals surface area contributed by atoms with E-state index in [1.54, 1.807) is 0 Å². The van der Waals surface area contributed by atoms with Crippen LogP contribution < -0.4 is 5.73 Å². The van der Waals surface area contributed by atoms with Gasteiger partial charge in [-0.2, -0.15) is 0 Å². The third-order valence-corrected chi connectivity index (χ3v) is 3.22. The lowest BCUT2D eigenvalue weighted by Crippen LogP contribution is -2.40. The summed E-state index contributed by atoms with van der Waals surface area (Å²) in [6.45, 7) is 6.07. The van der Waals surface area contributed by atoms with Crippen molar-refractivity contribution in [3.63, 3.8) is 0 Å². The second-order valence-electron chi connectivity index (χ2n) is 4.32. The van der Waals surface area contributed by atoms with E-state index in [-0.39, 0.29) is 12.6 Å². The van der Waals surface area contributed by atoms with Crippen LogP contribution in [0.25, 0.3) is 0 Å². The van der Waals surface area contributed by atoms with Gasteiger partial charge in [0.05, 0.1) is 0 Å². The molecule has 0 aromatic carbocycles. The Labute approximate surface area is 110 Å². The molecule has 1 aliphatic heterocycles. The fourth-order valence-corrected chi connectivity index (χ4v) is 2.37. The number of rotatable bonds is 4.